The third-order valence-electron chi connectivity index (χ3n) is 3.91. The van der Waals surface area contributed by atoms with Crippen molar-refractivity contribution < 1.29 is 9.66 Å². The molecule has 0 aliphatic heterocycles. The average Bonchev–Trinajstić information content (AvgIpc) is 2.96. The van der Waals surface area contributed by atoms with Crippen LogP contribution in [0.15, 0.2) is 53.1 Å². The molecular formula is C17H15BrN2O3. The summed E-state index contributed by atoms with van der Waals surface area (Å²) < 4.78 is 6.02. The number of benzene rings is 2. The molecule has 0 saturated heterocycles. The first-order valence-corrected chi connectivity index (χ1v) is 7.90. The Kier molecular flexibility index (Phi) is 4.34. The highest BCUT2D eigenvalue weighted by molar-refractivity contribution is 9.10. The number of nitrogens with zero attached hydrogens (tertiary/aromatic N) is 1. The Bertz CT molecular complexity index is 860. The van der Waals surface area contributed by atoms with Gasteiger partial charge in [-0.15, -0.1) is 0 Å². The van der Waals surface area contributed by atoms with Gasteiger partial charge in [0, 0.05) is 22.0 Å². The largest absolute Gasteiger partial charge is 0.496 e. The zero-order chi connectivity index (χ0) is 16.4. The van der Waals surface area contributed by atoms with E-state index in [-0.39, 0.29) is 17.4 Å². The summed E-state index contributed by atoms with van der Waals surface area (Å²) in [5.74, 6) is 0.371. The molecule has 0 bridgehead atoms. The molecule has 3 rings (SSSR count). The fourth-order valence-electron chi connectivity index (χ4n) is 2.81. The highest BCUT2D eigenvalue weighted by atomic mass is 79.9. The molecule has 0 aliphatic rings. The normalized spacial score (nSPS) is 12.3. The van der Waals surface area contributed by atoms with E-state index in [1.807, 2.05) is 48.7 Å². The van der Waals surface area contributed by atoms with E-state index in [0.29, 0.717) is 5.75 Å². The van der Waals surface area contributed by atoms with Crippen LogP contribution >= 0.6 is 15.9 Å². The van der Waals surface area contributed by atoms with Crippen LogP contribution < -0.4 is 4.74 Å². The summed E-state index contributed by atoms with van der Waals surface area (Å²) in [6.07, 6.45) is 1.86. The maximum Gasteiger partial charge on any atom is 0.214 e. The summed E-state index contributed by atoms with van der Waals surface area (Å²) in [5, 5.41) is 12.2. The van der Waals surface area contributed by atoms with Gasteiger partial charge in [0.1, 0.15) is 5.75 Å². The van der Waals surface area contributed by atoms with E-state index < -0.39 is 0 Å². The van der Waals surface area contributed by atoms with Crippen molar-refractivity contribution >= 4 is 26.8 Å². The lowest BCUT2D eigenvalue weighted by molar-refractivity contribution is -0.481. The summed E-state index contributed by atoms with van der Waals surface area (Å²) in [5.41, 5.74) is 2.77. The van der Waals surface area contributed by atoms with Crippen molar-refractivity contribution in [2.75, 3.05) is 13.7 Å². The molecule has 0 unspecified atom stereocenters. The zero-order valence-electron chi connectivity index (χ0n) is 12.5. The lowest BCUT2D eigenvalue weighted by atomic mass is 9.91. The minimum Gasteiger partial charge on any atom is -0.496 e. The number of rotatable bonds is 5. The maximum absolute atomic E-state index is 11.2. The predicted octanol–water partition coefficient (Wildman–Crippen LogP) is 4.35. The molecule has 0 radical (unpaired) electrons. The quantitative estimate of drug-likeness (QED) is 0.533. The van der Waals surface area contributed by atoms with Crippen LogP contribution in [-0.4, -0.2) is 23.6 Å². The van der Waals surface area contributed by atoms with Gasteiger partial charge in [-0.05, 0) is 45.3 Å². The van der Waals surface area contributed by atoms with E-state index in [0.717, 1.165) is 26.5 Å². The molecule has 0 amide bonds. The van der Waals surface area contributed by atoms with Crippen LogP contribution in [0.3, 0.4) is 0 Å². The van der Waals surface area contributed by atoms with E-state index in [4.69, 9.17) is 4.74 Å². The number of halogens is 1. The number of methoxy groups -OCH3 is 1. The first-order valence-electron chi connectivity index (χ1n) is 7.11. The van der Waals surface area contributed by atoms with Crippen LogP contribution in [-0.2, 0) is 0 Å². The molecule has 0 saturated carbocycles. The van der Waals surface area contributed by atoms with Gasteiger partial charge in [0.15, 0.2) is 0 Å². The number of para-hydroxylation sites is 1. The van der Waals surface area contributed by atoms with E-state index in [1.54, 1.807) is 7.11 Å². The van der Waals surface area contributed by atoms with Crippen molar-refractivity contribution in [1.29, 1.82) is 0 Å². The van der Waals surface area contributed by atoms with Gasteiger partial charge in [0.25, 0.3) is 0 Å². The van der Waals surface area contributed by atoms with Gasteiger partial charge >= 0.3 is 0 Å². The van der Waals surface area contributed by atoms with Crippen LogP contribution in [0.5, 0.6) is 5.75 Å². The standard InChI is InChI=1S/C17H15BrN2O3/c1-23-17-7-6-11(8-15(17)18)14(10-20(21)22)13-9-19-16-5-3-2-4-12(13)16/h2-9,14,19H,10H2,1H3/t14-/m1/s1. The Morgan fingerprint density at radius 3 is 2.78 bits per heavy atom. The third kappa shape index (κ3) is 3.07. The third-order valence-corrected chi connectivity index (χ3v) is 4.53. The minimum absolute atomic E-state index is 0.166. The van der Waals surface area contributed by atoms with E-state index in [2.05, 4.69) is 20.9 Å². The molecule has 23 heavy (non-hydrogen) atoms. The second-order valence-corrected chi connectivity index (χ2v) is 6.11. The first-order chi connectivity index (χ1) is 11.1. The first kappa shape index (κ1) is 15.6. The van der Waals surface area contributed by atoms with E-state index >= 15 is 0 Å². The molecule has 2 aromatic carbocycles. The zero-order valence-corrected chi connectivity index (χ0v) is 14.0. The van der Waals surface area contributed by atoms with Gasteiger partial charge in [0.05, 0.1) is 17.5 Å². The number of aromatic nitrogens is 1. The molecule has 0 fully saturated rings. The van der Waals surface area contributed by atoms with Crippen molar-refractivity contribution in [2.45, 2.75) is 5.92 Å². The molecule has 118 valence electrons. The second-order valence-electron chi connectivity index (χ2n) is 5.25. The predicted molar refractivity (Wildman–Crippen MR) is 92.7 cm³/mol. The highest BCUT2D eigenvalue weighted by Crippen LogP contribution is 2.34. The molecule has 1 heterocycles. The van der Waals surface area contributed by atoms with Gasteiger partial charge < -0.3 is 9.72 Å². The molecule has 6 heteroatoms. The molecule has 5 nitrogen and oxygen atoms in total. The Labute approximate surface area is 141 Å². The van der Waals surface area contributed by atoms with Gasteiger partial charge in [-0.25, -0.2) is 0 Å². The number of nitro groups is 1. The van der Waals surface area contributed by atoms with Gasteiger partial charge in [-0.1, -0.05) is 24.3 Å². The van der Waals surface area contributed by atoms with Gasteiger partial charge in [-0.3, -0.25) is 10.1 Å². The SMILES string of the molecule is COc1ccc([C@@H](C[N+](=O)[O-])c2c[nH]c3ccccc23)cc1Br. The number of hydrogen-bond acceptors (Lipinski definition) is 3. The van der Waals surface area contributed by atoms with Gasteiger partial charge in [-0.2, -0.15) is 0 Å². The van der Waals surface area contributed by atoms with Crippen molar-refractivity contribution in [1.82, 2.24) is 4.98 Å². The van der Waals surface area contributed by atoms with Crippen molar-refractivity contribution in [3.05, 3.63) is 74.4 Å². The average molecular weight is 375 g/mol. The van der Waals surface area contributed by atoms with Crippen molar-refractivity contribution in [3.8, 4) is 5.75 Å². The molecule has 3 aromatic rings. The molecule has 0 spiro atoms. The monoisotopic (exact) mass is 374 g/mol. The van der Waals surface area contributed by atoms with Crippen LogP contribution in [0.1, 0.15) is 17.0 Å². The second kappa shape index (κ2) is 6.42. The van der Waals surface area contributed by atoms with Crippen molar-refractivity contribution in [3.63, 3.8) is 0 Å². The maximum atomic E-state index is 11.2. The highest BCUT2D eigenvalue weighted by Gasteiger charge is 2.24. The summed E-state index contributed by atoms with van der Waals surface area (Å²) in [6, 6.07) is 13.4. The summed E-state index contributed by atoms with van der Waals surface area (Å²) >= 11 is 3.45. The number of aromatic amines is 1. The Morgan fingerprint density at radius 2 is 2.09 bits per heavy atom. The number of H-pyrrole nitrogens is 1. The summed E-state index contributed by atoms with van der Waals surface area (Å²) in [4.78, 5) is 14.1. The van der Waals surface area contributed by atoms with E-state index in [1.165, 1.54) is 0 Å². The Hall–Kier alpha value is -2.34. The number of ether oxygens (including phenoxy) is 1. The fourth-order valence-corrected chi connectivity index (χ4v) is 3.37. The van der Waals surface area contributed by atoms with Crippen LogP contribution in [0.25, 0.3) is 10.9 Å². The molecular weight excluding hydrogens is 360 g/mol. The topological polar surface area (TPSA) is 68.2 Å². The lowest BCUT2D eigenvalue weighted by Gasteiger charge is -2.14. The molecule has 1 aromatic heterocycles. The molecule has 0 aliphatic carbocycles. The van der Waals surface area contributed by atoms with E-state index in [9.17, 15) is 10.1 Å². The molecule has 1 atom stereocenters. The van der Waals surface area contributed by atoms with Crippen LogP contribution in [0.4, 0.5) is 0 Å². The lowest BCUT2D eigenvalue weighted by Crippen LogP contribution is -2.13. The number of fused-ring (bicyclic) bond motifs is 1. The summed E-state index contributed by atoms with van der Waals surface area (Å²) in [7, 11) is 1.59. The van der Waals surface area contributed by atoms with Crippen molar-refractivity contribution in [2.24, 2.45) is 0 Å². The van der Waals surface area contributed by atoms with Gasteiger partial charge in [0.2, 0.25) is 6.54 Å². The Balaban J connectivity index is 2.11. The number of nitrogens with one attached hydrogen (secondary N) is 1. The summed E-state index contributed by atoms with van der Waals surface area (Å²) in [6.45, 7) is -0.166. The molecule has 1 N–H and O–H groups in total. The number of hydrogen-bond donors (Lipinski definition) is 1. The smallest absolute Gasteiger partial charge is 0.214 e. The minimum atomic E-state index is -0.330. The van der Waals surface area contributed by atoms with Crippen LogP contribution in [0, 0.1) is 10.1 Å². The fraction of sp³-hybridized carbons (Fsp3) is 0.176. The Morgan fingerprint density at radius 1 is 1.30 bits per heavy atom. The van der Waals surface area contributed by atoms with Crippen LogP contribution in [0.2, 0.25) is 0 Å².